The average molecular weight is 783 g/mol. The number of para-hydroxylation sites is 1. The Labute approximate surface area is 355 Å². The van der Waals surface area contributed by atoms with Gasteiger partial charge in [0.05, 0.1) is 6.04 Å². The second kappa shape index (κ2) is 17.5. The van der Waals surface area contributed by atoms with Gasteiger partial charge in [0, 0.05) is 43.7 Å². The first-order chi connectivity index (χ1) is 29.0. The number of hydrogen-bond acceptors (Lipinski definition) is 3. The highest BCUT2D eigenvalue weighted by atomic mass is 32.2. The summed E-state index contributed by atoms with van der Waals surface area (Å²) in [6.07, 6.45) is 23.9. The summed E-state index contributed by atoms with van der Waals surface area (Å²) in [6.45, 7) is 19.5. The summed E-state index contributed by atoms with van der Waals surface area (Å²) in [4.78, 5) is 7.16. The van der Waals surface area contributed by atoms with Crippen molar-refractivity contribution in [1.29, 1.82) is 0 Å². The molecule has 2 atom stereocenters. The number of anilines is 3. The second-order valence-corrected chi connectivity index (χ2v) is 16.1. The van der Waals surface area contributed by atoms with Gasteiger partial charge in [-0.2, -0.15) is 0 Å². The van der Waals surface area contributed by atoms with Gasteiger partial charge in [-0.3, -0.25) is 0 Å². The molecule has 0 fully saturated rings. The second-order valence-electron chi connectivity index (χ2n) is 15.0. The van der Waals surface area contributed by atoms with Crippen LogP contribution in [0.25, 0.3) is 22.3 Å². The van der Waals surface area contributed by atoms with E-state index in [1.807, 2.05) is 24.3 Å². The topological polar surface area (TPSA) is 6.48 Å². The zero-order valence-corrected chi connectivity index (χ0v) is 34.6. The minimum atomic E-state index is -0.484. The maximum absolute atomic E-state index is 4.38. The number of fused-ring (bicyclic) bond motifs is 1. The molecule has 59 heavy (non-hydrogen) atoms. The van der Waals surface area contributed by atoms with Gasteiger partial charge in [-0.25, -0.2) is 0 Å². The fraction of sp³-hybridized carbons (Fsp3) is 0.107. The lowest BCUT2D eigenvalue weighted by atomic mass is 9.66. The Balaban J connectivity index is 1.20. The third-order valence-corrected chi connectivity index (χ3v) is 13.0. The molecule has 0 saturated carbocycles. The quantitative estimate of drug-likeness (QED) is 0.110. The first-order valence-electron chi connectivity index (χ1n) is 20.4. The van der Waals surface area contributed by atoms with E-state index in [4.69, 9.17) is 0 Å². The summed E-state index contributed by atoms with van der Waals surface area (Å²) in [6, 6.07) is 48.4. The highest BCUT2D eigenvalue weighted by Gasteiger charge is 2.44. The Bertz CT molecular complexity index is 2560. The monoisotopic (exact) mass is 782 g/mol. The van der Waals surface area contributed by atoms with Crippen LogP contribution in [-0.4, -0.2) is 6.04 Å². The minimum Gasteiger partial charge on any atom is -0.334 e. The van der Waals surface area contributed by atoms with Crippen LogP contribution < -0.4 is 9.80 Å². The van der Waals surface area contributed by atoms with Crippen molar-refractivity contribution in [3.63, 3.8) is 0 Å². The van der Waals surface area contributed by atoms with Crippen LogP contribution in [0.1, 0.15) is 31.7 Å². The Morgan fingerprint density at radius 2 is 1.34 bits per heavy atom. The van der Waals surface area contributed by atoms with Gasteiger partial charge in [-0.15, -0.1) is 0 Å². The predicted molar refractivity (Wildman–Crippen MR) is 257 cm³/mol. The van der Waals surface area contributed by atoms with Crippen LogP contribution in [0.15, 0.2) is 253 Å². The van der Waals surface area contributed by atoms with E-state index >= 15 is 0 Å². The minimum absolute atomic E-state index is 0.256. The molecular formula is C56H50N2S. The van der Waals surface area contributed by atoms with Gasteiger partial charge in [0.2, 0.25) is 0 Å². The lowest BCUT2D eigenvalue weighted by Gasteiger charge is -2.45. The number of benzene rings is 5. The van der Waals surface area contributed by atoms with Crippen LogP contribution in [0.4, 0.5) is 17.1 Å². The molecule has 0 aromatic heterocycles. The molecule has 3 heteroatoms. The van der Waals surface area contributed by atoms with Crippen molar-refractivity contribution in [3.05, 3.63) is 258 Å². The maximum Gasteiger partial charge on any atom is 0.0559 e. The number of allylic oxidation sites excluding steroid dienone is 11. The fourth-order valence-electron chi connectivity index (χ4n) is 8.88. The van der Waals surface area contributed by atoms with E-state index < -0.39 is 5.41 Å². The number of thioether (sulfide) groups is 1. The van der Waals surface area contributed by atoms with E-state index in [2.05, 4.69) is 213 Å². The Morgan fingerprint density at radius 3 is 1.97 bits per heavy atom. The van der Waals surface area contributed by atoms with Crippen molar-refractivity contribution in [3.8, 4) is 22.3 Å². The molecule has 0 amide bonds. The Kier molecular flexibility index (Phi) is 11.7. The Hall–Kier alpha value is -6.55. The van der Waals surface area contributed by atoms with Crippen molar-refractivity contribution in [2.24, 2.45) is 0 Å². The van der Waals surface area contributed by atoms with Crippen LogP contribution in [0.3, 0.4) is 0 Å². The van der Waals surface area contributed by atoms with Crippen LogP contribution in [0.5, 0.6) is 0 Å². The third kappa shape index (κ3) is 7.51. The van der Waals surface area contributed by atoms with E-state index in [-0.39, 0.29) is 6.04 Å². The smallest absolute Gasteiger partial charge is 0.0559 e. The molecular weight excluding hydrogens is 733 g/mol. The summed E-state index contributed by atoms with van der Waals surface area (Å²) >= 11 is 1.80. The highest BCUT2D eigenvalue weighted by Crippen LogP contribution is 2.58. The van der Waals surface area contributed by atoms with E-state index in [1.54, 1.807) is 11.8 Å². The molecule has 2 nitrogen and oxygen atoms in total. The van der Waals surface area contributed by atoms with E-state index in [9.17, 15) is 0 Å². The predicted octanol–water partition coefficient (Wildman–Crippen LogP) is 15.4. The Morgan fingerprint density at radius 1 is 0.695 bits per heavy atom. The molecule has 0 spiro atoms. The molecule has 2 aliphatic carbocycles. The van der Waals surface area contributed by atoms with Gasteiger partial charge in [-0.05, 0) is 114 Å². The third-order valence-electron chi connectivity index (χ3n) is 11.7. The van der Waals surface area contributed by atoms with Crippen LogP contribution >= 0.6 is 11.8 Å². The largest absolute Gasteiger partial charge is 0.334 e. The standard InChI is InChI=1S/C56H50N2S/c1-6-22-44(7-2)58(48-39-35-42(36-40-48)41-33-37-47(38-34-41)57(45-25-15-11-16-26-45)46-27-17-12-18-28-46)53-32-21-31-52-55(53)59-54(9-4)50(8-3)56(52,5)51-30-20-19-29-49(51)43-23-13-10-14-24-43/h6-20,22-27,29-31,33-40,46H,1-4,21,28,32H2,5H3/b44-22+/t46-,56-/m1/s1. The lowest BCUT2D eigenvalue weighted by Crippen LogP contribution is -2.35. The van der Waals surface area contributed by atoms with Gasteiger partial charge in [0.15, 0.2) is 0 Å². The molecule has 1 aliphatic heterocycles. The molecule has 5 aromatic rings. The van der Waals surface area contributed by atoms with Crippen molar-refractivity contribution >= 4 is 28.8 Å². The zero-order valence-electron chi connectivity index (χ0n) is 33.8. The first kappa shape index (κ1) is 39.3. The maximum atomic E-state index is 4.38. The first-order valence-corrected chi connectivity index (χ1v) is 21.2. The highest BCUT2D eigenvalue weighted by molar-refractivity contribution is 8.07. The SMILES string of the molecule is C=C/C=C(\C=C)N(C1=C2SC(C=C)=C(C=C)[C@](C)(c3ccccc3-c3ccccc3)C2=CCC1)c1ccc(-c2ccc(N(c3ccccc3)[C@@H]3C=CC=CC3)cc2)cc1. The van der Waals surface area contributed by atoms with Gasteiger partial charge in [0.1, 0.15) is 0 Å². The summed E-state index contributed by atoms with van der Waals surface area (Å²) < 4.78 is 0. The van der Waals surface area contributed by atoms with Crippen LogP contribution in [0, 0.1) is 0 Å². The van der Waals surface area contributed by atoms with E-state index in [1.165, 1.54) is 55.4 Å². The van der Waals surface area contributed by atoms with Gasteiger partial charge in [0.25, 0.3) is 0 Å². The average Bonchev–Trinajstić information content (AvgIpc) is 3.30. The van der Waals surface area contributed by atoms with E-state index in [0.717, 1.165) is 41.1 Å². The van der Waals surface area contributed by atoms with Gasteiger partial charge in [-0.1, -0.05) is 184 Å². The summed E-state index contributed by atoms with van der Waals surface area (Å²) in [5.41, 5.74) is 13.6. The molecule has 0 saturated heterocycles. The fourth-order valence-corrected chi connectivity index (χ4v) is 10.3. The molecule has 290 valence electrons. The summed E-state index contributed by atoms with van der Waals surface area (Å²) in [5, 5.41) is 0. The molecule has 0 N–H and O–H groups in total. The number of nitrogens with zero attached hydrogens (tertiary/aromatic N) is 2. The number of rotatable bonds is 13. The molecule has 3 aliphatic rings. The molecule has 0 radical (unpaired) electrons. The van der Waals surface area contributed by atoms with Crippen LogP contribution in [-0.2, 0) is 5.41 Å². The normalized spacial score (nSPS) is 18.8. The van der Waals surface area contributed by atoms with Crippen molar-refractivity contribution < 1.29 is 0 Å². The molecule has 5 aromatic carbocycles. The molecule has 0 bridgehead atoms. The lowest BCUT2D eigenvalue weighted by molar-refractivity contribution is 0.667. The molecule has 1 heterocycles. The van der Waals surface area contributed by atoms with Gasteiger partial charge >= 0.3 is 0 Å². The van der Waals surface area contributed by atoms with Crippen molar-refractivity contribution in [1.82, 2.24) is 0 Å². The van der Waals surface area contributed by atoms with E-state index in [0.29, 0.717) is 0 Å². The van der Waals surface area contributed by atoms with Gasteiger partial charge < -0.3 is 9.80 Å². The summed E-state index contributed by atoms with van der Waals surface area (Å²) in [5.74, 6) is 0. The number of hydrogen-bond donors (Lipinski definition) is 0. The van der Waals surface area contributed by atoms with Crippen molar-refractivity contribution in [2.45, 2.75) is 37.6 Å². The van der Waals surface area contributed by atoms with Crippen LogP contribution in [0.2, 0.25) is 0 Å². The molecule has 0 unspecified atom stereocenters. The molecule has 8 rings (SSSR count). The summed E-state index contributed by atoms with van der Waals surface area (Å²) in [7, 11) is 0. The zero-order chi connectivity index (χ0) is 40.8. The van der Waals surface area contributed by atoms with Crippen molar-refractivity contribution in [2.75, 3.05) is 9.80 Å².